The number of rotatable bonds is 3. The van der Waals surface area contributed by atoms with Crippen molar-refractivity contribution in [2.24, 2.45) is 11.8 Å². The lowest BCUT2D eigenvalue weighted by atomic mass is 9.86. The van der Waals surface area contributed by atoms with Gasteiger partial charge in [0.1, 0.15) is 5.75 Å². The molecule has 23 heavy (non-hydrogen) atoms. The summed E-state index contributed by atoms with van der Waals surface area (Å²) < 4.78 is 16.9. The fourth-order valence-corrected chi connectivity index (χ4v) is 4.64. The molecule has 5 heteroatoms. The molecule has 3 aliphatic rings. The summed E-state index contributed by atoms with van der Waals surface area (Å²) in [6.45, 7) is 3.06. The Kier molecular flexibility index (Phi) is 3.68. The molecule has 2 aliphatic heterocycles. The van der Waals surface area contributed by atoms with Gasteiger partial charge in [-0.15, -0.1) is 0 Å². The Morgan fingerprint density at radius 2 is 2.30 bits per heavy atom. The number of hydrogen-bond acceptors (Lipinski definition) is 5. The molecule has 5 atom stereocenters. The molecule has 1 aromatic carbocycles. The number of anilines is 1. The van der Waals surface area contributed by atoms with Gasteiger partial charge in [-0.2, -0.15) is 0 Å². The molecule has 1 aliphatic carbocycles. The number of ether oxygens (including phenoxy) is 3. The van der Waals surface area contributed by atoms with Gasteiger partial charge in [-0.05, 0) is 43.5 Å². The highest BCUT2D eigenvalue weighted by Gasteiger charge is 2.58. The quantitative estimate of drug-likeness (QED) is 0.868. The monoisotopic (exact) mass is 317 g/mol. The number of nitrogens with one attached hydrogen (secondary N) is 1. The molecule has 4 rings (SSSR count). The number of carbonyl (C=O) groups is 1. The van der Waals surface area contributed by atoms with Gasteiger partial charge in [-0.25, -0.2) is 0 Å². The molecule has 0 spiro atoms. The van der Waals surface area contributed by atoms with Crippen LogP contribution in [-0.2, 0) is 14.3 Å². The molecule has 0 radical (unpaired) electrons. The lowest BCUT2D eigenvalue weighted by Gasteiger charge is -2.31. The van der Waals surface area contributed by atoms with Crippen molar-refractivity contribution in [3.8, 4) is 5.75 Å². The van der Waals surface area contributed by atoms with Crippen LogP contribution in [0.1, 0.15) is 31.2 Å². The van der Waals surface area contributed by atoms with Crippen molar-refractivity contribution in [2.75, 3.05) is 25.6 Å². The summed E-state index contributed by atoms with van der Waals surface area (Å²) in [5.41, 5.74) is 2.29. The third-order valence-electron chi connectivity index (χ3n) is 5.50. The van der Waals surface area contributed by atoms with Crippen molar-refractivity contribution in [3.63, 3.8) is 0 Å². The lowest BCUT2D eigenvalue weighted by Crippen LogP contribution is -2.36. The molecule has 1 saturated carbocycles. The van der Waals surface area contributed by atoms with Crippen LogP contribution in [0.25, 0.3) is 0 Å². The van der Waals surface area contributed by atoms with E-state index in [0.29, 0.717) is 6.61 Å². The maximum absolute atomic E-state index is 12.6. The van der Waals surface area contributed by atoms with Crippen LogP contribution >= 0.6 is 0 Å². The second-order valence-electron chi connectivity index (χ2n) is 6.57. The molecule has 0 amide bonds. The van der Waals surface area contributed by atoms with Crippen LogP contribution in [0.5, 0.6) is 5.75 Å². The second kappa shape index (κ2) is 5.71. The smallest absolute Gasteiger partial charge is 0.311 e. The first kappa shape index (κ1) is 14.8. The fourth-order valence-electron chi connectivity index (χ4n) is 4.64. The third-order valence-corrected chi connectivity index (χ3v) is 5.50. The Morgan fingerprint density at radius 3 is 3.09 bits per heavy atom. The van der Waals surface area contributed by atoms with Gasteiger partial charge in [-0.1, -0.05) is 0 Å². The minimum absolute atomic E-state index is 0.0595. The Hall–Kier alpha value is -1.75. The summed E-state index contributed by atoms with van der Waals surface area (Å²) in [6, 6.07) is 6.12. The van der Waals surface area contributed by atoms with Crippen LogP contribution < -0.4 is 10.1 Å². The van der Waals surface area contributed by atoms with E-state index in [-0.39, 0.29) is 35.9 Å². The Bertz CT molecular complexity index is 617. The Balaban J connectivity index is 1.72. The van der Waals surface area contributed by atoms with Crippen LogP contribution in [0, 0.1) is 11.8 Å². The zero-order valence-corrected chi connectivity index (χ0v) is 13.6. The predicted octanol–water partition coefficient (Wildman–Crippen LogP) is 2.56. The Labute approximate surface area is 136 Å². The van der Waals surface area contributed by atoms with Crippen LogP contribution in [0.2, 0.25) is 0 Å². The highest BCUT2D eigenvalue weighted by Crippen LogP contribution is 2.55. The molecule has 124 valence electrons. The lowest BCUT2D eigenvalue weighted by molar-refractivity contribution is -0.151. The Morgan fingerprint density at radius 1 is 1.43 bits per heavy atom. The van der Waals surface area contributed by atoms with Crippen molar-refractivity contribution in [1.82, 2.24) is 0 Å². The summed E-state index contributed by atoms with van der Waals surface area (Å²) in [5.74, 6) is 1.05. The molecule has 0 unspecified atom stereocenters. The zero-order valence-electron chi connectivity index (χ0n) is 13.6. The summed E-state index contributed by atoms with van der Waals surface area (Å²) in [4.78, 5) is 12.6. The fraction of sp³-hybridized carbons (Fsp3) is 0.611. The summed E-state index contributed by atoms with van der Waals surface area (Å²) in [5, 5.41) is 3.56. The first-order valence-electron chi connectivity index (χ1n) is 8.47. The number of fused-ring (bicyclic) bond motifs is 5. The zero-order chi connectivity index (χ0) is 16.0. The van der Waals surface area contributed by atoms with Crippen molar-refractivity contribution in [3.05, 3.63) is 23.8 Å². The molecule has 1 N–H and O–H groups in total. The molecule has 0 bridgehead atoms. The first-order chi connectivity index (χ1) is 11.2. The van der Waals surface area contributed by atoms with Gasteiger partial charge in [0.2, 0.25) is 0 Å². The molecule has 2 heterocycles. The molecule has 2 fully saturated rings. The first-order valence-corrected chi connectivity index (χ1v) is 8.47. The van der Waals surface area contributed by atoms with E-state index in [0.717, 1.165) is 30.9 Å². The highest BCUT2D eigenvalue weighted by molar-refractivity contribution is 5.78. The van der Waals surface area contributed by atoms with E-state index >= 15 is 0 Å². The minimum atomic E-state index is -0.136. The van der Waals surface area contributed by atoms with Gasteiger partial charge in [-0.3, -0.25) is 4.79 Å². The topological polar surface area (TPSA) is 56.8 Å². The van der Waals surface area contributed by atoms with Gasteiger partial charge >= 0.3 is 5.97 Å². The van der Waals surface area contributed by atoms with Gasteiger partial charge in [0.15, 0.2) is 0 Å². The number of carbonyl (C=O) groups excluding carboxylic acids is 1. The van der Waals surface area contributed by atoms with Gasteiger partial charge in [0.05, 0.1) is 25.7 Å². The average molecular weight is 317 g/mol. The molecule has 1 aromatic rings. The third kappa shape index (κ3) is 2.21. The van der Waals surface area contributed by atoms with Gasteiger partial charge < -0.3 is 19.5 Å². The number of esters is 1. The van der Waals surface area contributed by atoms with Crippen LogP contribution in [-0.4, -0.2) is 38.4 Å². The van der Waals surface area contributed by atoms with E-state index in [2.05, 4.69) is 11.4 Å². The number of methoxy groups -OCH3 is 1. The maximum Gasteiger partial charge on any atom is 0.311 e. The second-order valence-corrected chi connectivity index (χ2v) is 6.57. The largest absolute Gasteiger partial charge is 0.497 e. The minimum Gasteiger partial charge on any atom is -0.497 e. The average Bonchev–Trinajstić information content (AvgIpc) is 3.08. The predicted molar refractivity (Wildman–Crippen MR) is 85.7 cm³/mol. The molecule has 1 saturated heterocycles. The van der Waals surface area contributed by atoms with E-state index in [1.165, 1.54) is 5.56 Å². The van der Waals surface area contributed by atoms with Crippen molar-refractivity contribution in [1.29, 1.82) is 0 Å². The van der Waals surface area contributed by atoms with Gasteiger partial charge in [0, 0.05) is 30.2 Å². The van der Waals surface area contributed by atoms with Crippen molar-refractivity contribution in [2.45, 2.75) is 37.8 Å². The van der Waals surface area contributed by atoms with Crippen molar-refractivity contribution < 1.29 is 19.0 Å². The van der Waals surface area contributed by atoms with E-state index in [4.69, 9.17) is 14.2 Å². The number of benzene rings is 1. The molecule has 0 aromatic heterocycles. The summed E-state index contributed by atoms with van der Waals surface area (Å²) in [6.07, 6.45) is 2.13. The van der Waals surface area contributed by atoms with Crippen molar-refractivity contribution >= 4 is 11.7 Å². The normalized spacial score (nSPS) is 34.1. The van der Waals surface area contributed by atoms with Gasteiger partial charge in [0.25, 0.3) is 0 Å². The van der Waals surface area contributed by atoms with Crippen LogP contribution in [0.15, 0.2) is 18.2 Å². The molecule has 5 nitrogen and oxygen atoms in total. The summed E-state index contributed by atoms with van der Waals surface area (Å²) in [7, 11) is 1.68. The number of hydrogen-bond donors (Lipinski definition) is 1. The van der Waals surface area contributed by atoms with E-state index in [1.54, 1.807) is 7.11 Å². The van der Waals surface area contributed by atoms with E-state index in [1.807, 2.05) is 19.1 Å². The van der Waals surface area contributed by atoms with E-state index in [9.17, 15) is 4.79 Å². The SMILES string of the molecule is CCOC(=O)[C@H]1[C@@H]2CCCO[C@H]2[C@@H]2c3cc(OC)ccc3N[C@H]12. The molecular formula is C18H23NO4. The maximum atomic E-state index is 12.6. The standard InChI is InChI=1S/C18H23NO4/c1-3-22-18(20)15-11-5-4-8-23-17(11)14-12-9-10(21-2)6-7-13(12)19-16(14)15/h6-7,9,11,14-17,19H,3-5,8H2,1-2H3/t11-,14+,15-,16-,17+/m0/s1. The van der Waals surface area contributed by atoms with Crippen LogP contribution in [0.3, 0.4) is 0 Å². The highest BCUT2D eigenvalue weighted by atomic mass is 16.5. The molecular weight excluding hydrogens is 294 g/mol. The van der Waals surface area contributed by atoms with E-state index < -0.39 is 0 Å². The summed E-state index contributed by atoms with van der Waals surface area (Å²) >= 11 is 0. The van der Waals surface area contributed by atoms with Crippen LogP contribution in [0.4, 0.5) is 5.69 Å².